The van der Waals surface area contributed by atoms with Crippen LogP contribution in [-0.4, -0.2) is 37.2 Å². The first kappa shape index (κ1) is 57.9. The number of hydrogen-bond donors (Lipinski definition) is 0. The van der Waals surface area contributed by atoms with Crippen molar-refractivity contribution < 1.29 is 28.6 Å². The Morgan fingerprint density at radius 1 is 0.344 bits per heavy atom. The SMILES string of the molecule is CC/C=C\C/C=C\C/C=C\C/C=C\C/C=C\C/C=C\CCCCCCCCCCC(=O)OCC(COC(=O)CCCCCCCCC)OC(=O)CCCCCCCCCCC. The molecule has 0 radical (unpaired) electrons. The molecule has 0 aliphatic carbocycles. The van der Waals surface area contributed by atoms with Gasteiger partial charge in [-0.05, 0) is 70.6 Å². The number of esters is 3. The first-order valence-corrected chi connectivity index (χ1v) is 25.4. The summed E-state index contributed by atoms with van der Waals surface area (Å²) in [4.78, 5) is 37.6. The Morgan fingerprint density at radius 3 is 1.00 bits per heavy atom. The zero-order chi connectivity index (χ0) is 44.4. The van der Waals surface area contributed by atoms with Crippen molar-refractivity contribution in [1.82, 2.24) is 0 Å². The predicted molar refractivity (Wildman–Crippen MR) is 261 cm³/mol. The minimum absolute atomic E-state index is 0.0759. The number of unbranched alkanes of at least 4 members (excludes halogenated alkanes) is 22. The van der Waals surface area contributed by atoms with E-state index in [-0.39, 0.29) is 31.1 Å². The molecule has 1 unspecified atom stereocenters. The molecule has 0 aromatic carbocycles. The third-order valence-corrected chi connectivity index (χ3v) is 10.7. The molecular weight excluding hydrogens is 757 g/mol. The Hall–Kier alpha value is -3.15. The van der Waals surface area contributed by atoms with Gasteiger partial charge in [-0.15, -0.1) is 0 Å². The first-order valence-electron chi connectivity index (χ1n) is 25.4. The average molecular weight is 851 g/mol. The lowest BCUT2D eigenvalue weighted by atomic mass is 10.1. The summed E-state index contributed by atoms with van der Waals surface area (Å²) in [5.41, 5.74) is 0. The molecule has 350 valence electrons. The molecule has 6 nitrogen and oxygen atoms in total. The molecule has 0 saturated carbocycles. The van der Waals surface area contributed by atoms with Crippen LogP contribution in [0.25, 0.3) is 0 Å². The standard InChI is InChI=1S/C55H94O6/c1-4-7-10-13-16-18-19-20-21-22-23-24-25-26-27-28-29-30-31-32-33-34-35-37-39-42-45-48-54(57)60-51-52(50-59-53(56)47-44-41-38-15-12-9-6-3)61-55(58)49-46-43-40-36-17-14-11-8-5-2/h7,10,16,18,20-21,23-24,26-27,29-30,52H,4-6,8-9,11-15,17,19,22,25,28,31-51H2,1-3H3/b10-7-,18-16-,21-20-,24-23-,27-26-,30-29-. The highest BCUT2D eigenvalue weighted by Gasteiger charge is 2.19. The van der Waals surface area contributed by atoms with E-state index in [4.69, 9.17) is 14.2 Å². The normalized spacial score (nSPS) is 12.6. The van der Waals surface area contributed by atoms with Gasteiger partial charge in [-0.25, -0.2) is 0 Å². The molecule has 1 atom stereocenters. The van der Waals surface area contributed by atoms with Gasteiger partial charge in [0.1, 0.15) is 13.2 Å². The van der Waals surface area contributed by atoms with Gasteiger partial charge in [0.05, 0.1) is 0 Å². The quantitative estimate of drug-likeness (QED) is 0.0263. The van der Waals surface area contributed by atoms with Gasteiger partial charge in [-0.3, -0.25) is 14.4 Å². The number of carbonyl (C=O) groups excluding carboxylic acids is 3. The van der Waals surface area contributed by atoms with E-state index in [0.29, 0.717) is 19.3 Å². The lowest BCUT2D eigenvalue weighted by Crippen LogP contribution is -2.30. The fourth-order valence-corrected chi connectivity index (χ4v) is 6.92. The van der Waals surface area contributed by atoms with Crippen LogP contribution in [0, 0.1) is 0 Å². The third-order valence-electron chi connectivity index (χ3n) is 10.7. The monoisotopic (exact) mass is 851 g/mol. The molecule has 0 spiro atoms. The summed E-state index contributed by atoms with van der Waals surface area (Å²) in [7, 11) is 0. The number of hydrogen-bond acceptors (Lipinski definition) is 6. The van der Waals surface area contributed by atoms with Crippen LogP contribution in [0.3, 0.4) is 0 Å². The van der Waals surface area contributed by atoms with Gasteiger partial charge < -0.3 is 14.2 Å². The van der Waals surface area contributed by atoms with E-state index in [1.807, 2.05) is 0 Å². The predicted octanol–water partition coefficient (Wildman–Crippen LogP) is 16.6. The van der Waals surface area contributed by atoms with Crippen LogP contribution < -0.4 is 0 Å². The second-order valence-corrected chi connectivity index (χ2v) is 16.7. The summed E-state index contributed by atoms with van der Waals surface area (Å²) in [6.45, 7) is 6.45. The Kier molecular flexibility index (Phi) is 46.9. The smallest absolute Gasteiger partial charge is 0.306 e. The van der Waals surface area contributed by atoms with Crippen molar-refractivity contribution in [2.24, 2.45) is 0 Å². The lowest BCUT2D eigenvalue weighted by molar-refractivity contribution is -0.167. The maximum Gasteiger partial charge on any atom is 0.306 e. The van der Waals surface area contributed by atoms with E-state index in [0.717, 1.165) is 103 Å². The van der Waals surface area contributed by atoms with Crippen LogP contribution in [0.2, 0.25) is 0 Å². The van der Waals surface area contributed by atoms with E-state index in [1.165, 1.54) is 96.3 Å². The molecule has 0 aliphatic heterocycles. The van der Waals surface area contributed by atoms with Gasteiger partial charge in [-0.1, -0.05) is 222 Å². The fraction of sp³-hybridized carbons (Fsp3) is 0.727. The van der Waals surface area contributed by atoms with E-state index in [2.05, 4.69) is 93.7 Å². The van der Waals surface area contributed by atoms with Crippen molar-refractivity contribution in [2.75, 3.05) is 13.2 Å². The Labute approximate surface area is 376 Å². The first-order chi connectivity index (χ1) is 30.0. The maximum atomic E-state index is 12.7. The largest absolute Gasteiger partial charge is 0.462 e. The number of ether oxygens (including phenoxy) is 3. The molecule has 0 saturated heterocycles. The minimum Gasteiger partial charge on any atom is -0.462 e. The Morgan fingerprint density at radius 2 is 0.639 bits per heavy atom. The van der Waals surface area contributed by atoms with E-state index >= 15 is 0 Å². The molecule has 0 bridgehead atoms. The van der Waals surface area contributed by atoms with Gasteiger partial charge in [0.25, 0.3) is 0 Å². The molecule has 0 N–H and O–H groups in total. The van der Waals surface area contributed by atoms with Crippen LogP contribution in [0.5, 0.6) is 0 Å². The minimum atomic E-state index is -0.771. The van der Waals surface area contributed by atoms with Gasteiger partial charge in [0.2, 0.25) is 0 Å². The van der Waals surface area contributed by atoms with Crippen LogP contribution in [0.1, 0.15) is 239 Å². The third kappa shape index (κ3) is 47.7. The summed E-state index contributed by atoms with van der Waals surface area (Å²) in [6.07, 6.45) is 62.0. The Balaban J connectivity index is 4.12. The molecular formula is C55H94O6. The summed E-state index contributed by atoms with van der Waals surface area (Å²) < 4.78 is 16.7. The van der Waals surface area contributed by atoms with E-state index in [1.54, 1.807) is 0 Å². The molecule has 0 amide bonds. The van der Waals surface area contributed by atoms with Crippen molar-refractivity contribution in [2.45, 2.75) is 245 Å². The van der Waals surface area contributed by atoms with Crippen LogP contribution >= 0.6 is 0 Å². The van der Waals surface area contributed by atoms with Crippen molar-refractivity contribution in [1.29, 1.82) is 0 Å². The lowest BCUT2D eigenvalue weighted by Gasteiger charge is -2.18. The van der Waals surface area contributed by atoms with Crippen molar-refractivity contribution in [3.05, 3.63) is 72.9 Å². The molecule has 0 aromatic heterocycles. The van der Waals surface area contributed by atoms with Crippen LogP contribution in [0.4, 0.5) is 0 Å². The second-order valence-electron chi connectivity index (χ2n) is 16.7. The molecule has 6 heteroatoms. The van der Waals surface area contributed by atoms with Gasteiger partial charge in [-0.2, -0.15) is 0 Å². The van der Waals surface area contributed by atoms with Crippen LogP contribution in [0.15, 0.2) is 72.9 Å². The van der Waals surface area contributed by atoms with Crippen molar-refractivity contribution in [3.8, 4) is 0 Å². The highest BCUT2D eigenvalue weighted by atomic mass is 16.6. The Bertz CT molecular complexity index is 1160. The maximum absolute atomic E-state index is 12.7. The summed E-state index contributed by atoms with van der Waals surface area (Å²) in [5.74, 6) is -0.894. The van der Waals surface area contributed by atoms with Crippen LogP contribution in [-0.2, 0) is 28.6 Å². The summed E-state index contributed by atoms with van der Waals surface area (Å²) >= 11 is 0. The van der Waals surface area contributed by atoms with Crippen molar-refractivity contribution >= 4 is 17.9 Å². The zero-order valence-electron chi connectivity index (χ0n) is 39.9. The molecule has 0 aliphatic rings. The number of allylic oxidation sites excluding steroid dienone is 12. The summed E-state index contributed by atoms with van der Waals surface area (Å²) in [6, 6.07) is 0. The topological polar surface area (TPSA) is 78.9 Å². The van der Waals surface area contributed by atoms with Gasteiger partial charge in [0.15, 0.2) is 6.10 Å². The second kappa shape index (κ2) is 49.5. The zero-order valence-corrected chi connectivity index (χ0v) is 39.9. The van der Waals surface area contributed by atoms with Gasteiger partial charge >= 0.3 is 17.9 Å². The van der Waals surface area contributed by atoms with Crippen molar-refractivity contribution in [3.63, 3.8) is 0 Å². The number of rotatable bonds is 45. The summed E-state index contributed by atoms with van der Waals surface area (Å²) in [5, 5.41) is 0. The van der Waals surface area contributed by atoms with E-state index < -0.39 is 6.10 Å². The average Bonchev–Trinajstić information content (AvgIpc) is 3.26. The fourth-order valence-electron chi connectivity index (χ4n) is 6.92. The molecule has 61 heavy (non-hydrogen) atoms. The molecule has 0 rings (SSSR count). The van der Waals surface area contributed by atoms with E-state index in [9.17, 15) is 14.4 Å². The highest BCUT2D eigenvalue weighted by molar-refractivity contribution is 5.71. The van der Waals surface area contributed by atoms with Gasteiger partial charge in [0, 0.05) is 19.3 Å². The molecule has 0 fully saturated rings. The highest BCUT2D eigenvalue weighted by Crippen LogP contribution is 2.14. The molecule has 0 heterocycles. The number of carbonyl (C=O) groups is 3. The molecule has 0 aromatic rings.